The molecule has 2 atom stereocenters. The van der Waals surface area contributed by atoms with Crippen LogP contribution in [0.25, 0.3) is 0 Å². The molecule has 1 aliphatic carbocycles. The smallest absolute Gasteiger partial charge is 0.237 e. The number of carbonyl (C=O) groups excluding carboxylic acids is 1. The minimum atomic E-state index is -0.342. The van der Waals surface area contributed by atoms with Crippen molar-refractivity contribution >= 4 is 17.7 Å². The lowest BCUT2D eigenvalue weighted by Gasteiger charge is -2.25. The zero-order chi connectivity index (χ0) is 13.4. The minimum Gasteiger partial charge on any atom is -0.352 e. The monoisotopic (exact) mass is 272 g/mol. The van der Waals surface area contributed by atoms with Crippen molar-refractivity contribution < 1.29 is 4.79 Å². The highest BCUT2D eigenvalue weighted by atomic mass is 32.2. The van der Waals surface area contributed by atoms with Gasteiger partial charge in [-0.1, -0.05) is 25.7 Å². The molecule has 0 aliphatic heterocycles. The molecule has 0 aromatic heterocycles. The number of nitrogens with one attached hydrogen (secondary N) is 1. The number of thioether (sulfide) groups is 1. The fourth-order valence-corrected chi connectivity index (χ4v) is 3.13. The predicted molar refractivity (Wildman–Crippen MR) is 79.8 cm³/mol. The topological polar surface area (TPSA) is 55.1 Å². The molecule has 0 radical (unpaired) electrons. The van der Waals surface area contributed by atoms with Gasteiger partial charge in [0.05, 0.1) is 6.04 Å². The third-order valence-corrected chi connectivity index (χ3v) is 4.59. The Morgan fingerprint density at radius 1 is 1.33 bits per heavy atom. The average molecular weight is 272 g/mol. The Labute approximate surface area is 116 Å². The van der Waals surface area contributed by atoms with E-state index in [4.69, 9.17) is 5.73 Å². The number of hydrogen-bond donors (Lipinski definition) is 2. The average Bonchev–Trinajstić information content (AvgIpc) is 2.64. The first-order valence-corrected chi connectivity index (χ1v) is 8.59. The van der Waals surface area contributed by atoms with Crippen LogP contribution in [0, 0.1) is 5.92 Å². The van der Waals surface area contributed by atoms with Gasteiger partial charge < -0.3 is 11.1 Å². The zero-order valence-electron chi connectivity index (χ0n) is 11.8. The molecule has 3 N–H and O–H groups in total. The summed E-state index contributed by atoms with van der Waals surface area (Å²) < 4.78 is 0. The molecular formula is C14H28N2OS. The second-order valence-electron chi connectivity index (χ2n) is 5.44. The van der Waals surface area contributed by atoms with Gasteiger partial charge in [-0.2, -0.15) is 11.8 Å². The van der Waals surface area contributed by atoms with E-state index in [0.29, 0.717) is 5.92 Å². The molecule has 0 unspecified atom stereocenters. The van der Waals surface area contributed by atoms with E-state index in [1.165, 1.54) is 38.5 Å². The van der Waals surface area contributed by atoms with Crippen LogP contribution in [0.1, 0.15) is 51.9 Å². The van der Waals surface area contributed by atoms with E-state index in [2.05, 4.69) is 12.2 Å². The lowest BCUT2D eigenvalue weighted by atomic mass is 9.93. The summed E-state index contributed by atoms with van der Waals surface area (Å²) in [4.78, 5) is 11.9. The molecule has 1 amide bonds. The summed E-state index contributed by atoms with van der Waals surface area (Å²) in [5, 5.41) is 3.11. The van der Waals surface area contributed by atoms with Gasteiger partial charge in [-0.3, -0.25) is 4.79 Å². The van der Waals surface area contributed by atoms with Crippen LogP contribution in [0.15, 0.2) is 0 Å². The van der Waals surface area contributed by atoms with E-state index in [9.17, 15) is 4.79 Å². The van der Waals surface area contributed by atoms with Crippen LogP contribution in [0.2, 0.25) is 0 Å². The molecule has 1 saturated carbocycles. The molecule has 0 bridgehead atoms. The number of carbonyl (C=O) groups is 1. The van der Waals surface area contributed by atoms with Gasteiger partial charge in [0, 0.05) is 6.04 Å². The molecule has 1 fully saturated rings. The number of rotatable bonds is 6. The van der Waals surface area contributed by atoms with Crippen LogP contribution >= 0.6 is 11.8 Å². The Morgan fingerprint density at radius 2 is 1.94 bits per heavy atom. The fourth-order valence-electron chi connectivity index (χ4n) is 2.64. The summed E-state index contributed by atoms with van der Waals surface area (Å²) >= 11 is 1.74. The van der Waals surface area contributed by atoms with Crippen molar-refractivity contribution in [3.63, 3.8) is 0 Å². The first-order chi connectivity index (χ1) is 8.65. The third-order valence-electron chi connectivity index (χ3n) is 3.95. The van der Waals surface area contributed by atoms with Gasteiger partial charge in [-0.05, 0) is 44.1 Å². The minimum absolute atomic E-state index is 0.0285. The number of hydrogen-bond acceptors (Lipinski definition) is 3. The Bertz CT molecular complexity index is 240. The van der Waals surface area contributed by atoms with Crippen LogP contribution in [-0.4, -0.2) is 30.0 Å². The normalized spacial score (nSPS) is 21.1. The van der Waals surface area contributed by atoms with Gasteiger partial charge in [0.15, 0.2) is 0 Å². The molecule has 0 spiro atoms. The van der Waals surface area contributed by atoms with Crippen molar-refractivity contribution in [2.75, 3.05) is 12.0 Å². The maximum atomic E-state index is 11.9. The summed E-state index contributed by atoms with van der Waals surface area (Å²) in [5.74, 6) is 1.62. The van der Waals surface area contributed by atoms with Crippen LogP contribution in [0.5, 0.6) is 0 Å². The molecule has 0 aromatic carbocycles. The largest absolute Gasteiger partial charge is 0.352 e. The van der Waals surface area contributed by atoms with Gasteiger partial charge in [0.25, 0.3) is 0 Å². The van der Waals surface area contributed by atoms with E-state index >= 15 is 0 Å². The Balaban J connectivity index is 2.32. The molecule has 1 rings (SSSR count). The molecule has 106 valence electrons. The molecule has 0 aromatic rings. The highest BCUT2D eigenvalue weighted by Crippen LogP contribution is 2.25. The molecular weight excluding hydrogens is 244 g/mol. The first-order valence-electron chi connectivity index (χ1n) is 7.20. The standard InChI is InChI=1S/C14H28N2OS/c1-11(12-7-5-3-4-6-8-12)16-14(17)13(15)9-10-18-2/h11-13H,3-10,15H2,1-2H3,(H,16,17)/t11-,13-/m0/s1. The summed E-state index contributed by atoms with van der Waals surface area (Å²) in [6.45, 7) is 2.13. The Kier molecular flexibility index (Phi) is 7.75. The zero-order valence-corrected chi connectivity index (χ0v) is 12.6. The Morgan fingerprint density at radius 3 is 2.50 bits per heavy atom. The van der Waals surface area contributed by atoms with E-state index in [-0.39, 0.29) is 18.0 Å². The van der Waals surface area contributed by atoms with E-state index in [1.54, 1.807) is 11.8 Å². The van der Waals surface area contributed by atoms with Crippen molar-refractivity contribution in [3.05, 3.63) is 0 Å². The summed E-state index contributed by atoms with van der Waals surface area (Å²) in [6, 6.07) is -0.0680. The quantitative estimate of drug-likeness (QED) is 0.731. The van der Waals surface area contributed by atoms with E-state index in [0.717, 1.165) is 12.2 Å². The van der Waals surface area contributed by atoms with Crippen LogP contribution < -0.4 is 11.1 Å². The predicted octanol–water partition coefficient (Wildman–Crippen LogP) is 2.54. The molecule has 4 heteroatoms. The van der Waals surface area contributed by atoms with E-state index < -0.39 is 0 Å². The van der Waals surface area contributed by atoms with Crippen LogP contribution in [0.4, 0.5) is 0 Å². The SMILES string of the molecule is CSCC[C@H](N)C(=O)N[C@@H](C)C1CCCCCC1. The highest BCUT2D eigenvalue weighted by molar-refractivity contribution is 7.98. The lowest BCUT2D eigenvalue weighted by Crippen LogP contribution is -2.47. The maximum Gasteiger partial charge on any atom is 0.237 e. The van der Waals surface area contributed by atoms with Crippen molar-refractivity contribution in [2.45, 2.75) is 64.0 Å². The van der Waals surface area contributed by atoms with Gasteiger partial charge >= 0.3 is 0 Å². The molecule has 3 nitrogen and oxygen atoms in total. The second kappa shape index (κ2) is 8.81. The summed E-state index contributed by atoms with van der Waals surface area (Å²) in [6.07, 6.45) is 10.6. The van der Waals surface area contributed by atoms with Gasteiger partial charge in [0.1, 0.15) is 0 Å². The number of amides is 1. The number of nitrogens with two attached hydrogens (primary N) is 1. The molecule has 0 heterocycles. The van der Waals surface area contributed by atoms with Crippen molar-refractivity contribution in [2.24, 2.45) is 11.7 Å². The fraction of sp³-hybridized carbons (Fsp3) is 0.929. The van der Waals surface area contributed by atoms with Gasteiger partial charge in [0.2, 0.25) is 5.91 Å². The molecule has 0 saturated heterocycles. The van der Waals surface area contributed by atoms with Gasteiger partial charge in [-0.15, -0.1) is 0 Å². The molecule has 18 heavy (non-hydrogen) atoms. The highest BCUT2D eigenvalue weighted by Gasteiger charge is 2.22. The maximum absolute atomic E-state index is 11.9. The van der Waals surface area contributed by atoms with Crippen molar-refractivity contribution in [1.82, 2.24) is 5.32 Å². The van der Waals surface area contributed by atoms with Crippen LogP contribution in [0.3, 0.4) is 0 Å². The van der Waals surface area contributed by atoms with Crippen molar-refractivity contribution in [1.29, 1.82) is 0 Å². The second-order valence-corrected chi connectivity index (χ2v) is 6.42. The summed E-state index contributed by atoms with van der Waals surface area (Å²) in [7, 11) is 0. The van der Waals surface area contributed by atoms with E-state index in [1.807, 2.05) is 6.26 Å². The summed E-state index contributed by atoms with van der Waals surface area (Å²) in [5.41, 5.74) is 5.89. The van der Waals surface area contributed by atoms with Crippen molar-refractivity contribution in [3.8, 4) is 0 Å². The lowest BCUT2D eigenvalue weighted by molar-refractivity contribution is -0.123. The third kappa shape index (κ3) is 5.61. The van der Waals surface area contributed by atoms with Gasteiger partial charge in [-0.25, -0.2) is 0 Å². The Hall–Kier alpha value is -0.220. The molecule has 1 aliphatic rings. The first kappa shape index (κ1) is 15.8. The van der Waals surface area contributed by atoms with Crippen LogP contribution in [-0.2, 0) is 4.79 Å².